The van der Waals surface area contributed by atoms with Gasteiger partial charge in [-0.3, -0.25) is 0 Å². The van der Waals surface area contributed by atoms with Gasteiger partial charge in [-0.15, -0.1) is 11.3 Å². The highest BCUT2D eigenvalue weighted by molar-refractivity contribution is 7.89. The lowest BCUT2D eigenvalue weighted by atomic mass is 9.97. The van der Waals surface area contributed by atoms with Crippen LogP contribution in [0.5, 0.6) is 5.75 Å². The van der Waals surface area contributed by atoms with Crippen LogP contribution in [0.3, 0.4) is 0 Å². The summed E-state index contributed by atoms with van der Waals surface area (Å²) in [4.78, 5) is 26.0. The largest absolute Gasteiger partial charge is 0.495 e. The number of thiophene rings is 1. The van der Waals surface area contributed by atoms with Crippen molar-refractivity contribution >= 4 is 39.0 Å². The molecular weight excluding hydrogens is 442 g/mol. The minimum Gasteiger partial charge on any atom is -0.495 e. The number of urea groups is 1. The molecule has 1 aromatic carbocycles. The predicted octanol–water partition coefficient (Wildman–Crippen LogP) is 2.77. The maximum absolute atomic E-state index is 12.6. The Hall–Kier alpha value is -2.63. The van der Waals surface area contributed by atoms with Crippen LogP contribution in [-0.2, 0) is 14.8 Å². The van der Waals surface area contributed by atoms with Crippen molar-refractivity contribution in [2.45, 2.75) is 17.7 Å². The Morgan fingerprint density at radius 3 is 2.55 bits per heavy atom. The van der Waals surface area contributed by atoms with Crippen LogP contribution in [-0.4, -0.2) is 59.2 Å². The van der Waals surface area contributed by atoms with Crippen LogP contribution in [0, 0.1) is 5.92 Å². The normalized spacial score (nSPS) is 14.8. The van der Waals surface area contributed by atoms with Crippen LogP contribution in [0.1, 0.15) is 22.5 Å². The highest BCUT2D eigenvalue weighted by Crippen LogP contribution is 2.26. The zero-order valence-electron chi connectivity index (χ0n) is 17.3. The zero-order chi connectivity index (χ0) is 22.4. The first-order chi connectivity index (χ1) is 14.9. The molecule has 11 heteroatoms. The lowest BCUT2D eigenvalue weighted by Crippen LogP contribution is -2.43. The molecule has 168 valence electrons. The van der Waals surface area contributed by atoms with Gasteiger partial charge in [-0.05, 0) is 42.3 Å². The molecule has 1 fully saturated rings. The van der Waals surface area contributed by atoms with Crippen LogP contribution in [0.2, 0.25) is 0 Å². The molecule has 1 aliphatic heterocycles. The standard InChI is InChI=1S/C20H25N3O6S2/c1-28-16-6-4-3-5-15(16)22-20(25)23-10-7-14(8-11-23)13-21-31(26,27)17-9-12-30-18(17)19(24)29-2/h3-6,9,12,14,21H,7-8,10-11,13H2,1-2H3,(H,22,25). The van der Waals surface area contributed by atoms with Crippen molar-refractivity contribution < 1.29 is 27.5 Å². The highest BCUT2D eigenvalue weighted by Gasteiger charge is 2.28. The van der Waals surface area contributed by atoms with Crippen molar-refractivity contribution in [2.75, 3.05) is 39.2 Å². The van der Waals surface area contributed by atoms with E-state index in [0.717, 1.165) is 11.3 Å². The van der Waals surface area contributed by atoms with E-state index in [0.29, 0.717) is 37.4 Å². The Morgan fingerprint density at radius 2 is 1.87 bits per heavy atom. The number of hydrogen-bond acceptors (Lipinski definition) is 7. The van der Waals surface area contributed by atoms with Gasteiger partial charge in [0.05, 0.1) is 19.9 Å². The molecule has 0 saturated carbocycles. The van der Waals surface area contributed by atoms with Crippen molar-refractivity contribution in [1.82, 2.24) is 9.62 Å². The first-order valence-electron chi connectivity index (χ1n) is 9.70. The molecule has 31 heavy (non-hydrogen) atoms. The van der Waals surface area contributed by atoms with Crippen LogP contribution in [0.25, 0.3) is 0 Å². The monoisotopic (exact) mass is 467 g/mol. The molecule has 9 nitrogen and oxygen atoms in total. The number of rotatable bonds is 7. The highest BCUT2D eigenvalue weighted by atomic mass is 32.2. The first kappa shape index (κ1) is 23.0. The first-order valence-corrected chi connectivity index (χ1v) is 12.1. The van der Waals surface area contributed by atoms with Gasteiger partial charge in [-0.25, -0.2) is 22.7 Å². The van der Waals surface area contributed by atoms with E-state index >= 15 is 0 Å². The van der Waals surface area contributed by atoms with E-state index in [1.165, 1.54) is 13.2 Å². The predicted molar refractivity (Wildman–Crippen MR) is 117 cm³/mol. The summed E-state index contributed by atoms with van der Waals surface area (Å²) in [5.74, 6) is -0.00469. The van der Waals surface area contributed by atoms with E-state index in [9.17, 15) is 18.0 Å². The molecular formula is C20H25N3O6S2. The van der Waals surface area contributed by atoms with Crippen LogP contribution in [0.15, 0.2) is 40.6 Å². The number of anilines is 1. The summed E-state index contributed by atoms with van der Waals surface area (Å²) in [6, 6.07) is 8.35. The van der Waals surface area contributed by atoms with Crippen LogP contribution >= 0.6 is 11.3 Å². The number of ether oxygens (including phenoxy) is 2. The Morgan fingerprint density at radius 1 is 1.16 bits per heavy atom. The molecule has 0 radical (unpaired) electrons. The molecule has 1 saturated heterocycles. The number of nitrogens with zero attached hydrogens (tertiary/aromatic N) is 1. The number of methoxy groups -OCH3 is 2. The van der Waals surface area contributed by atoms with E-state index < -0.39 is 16.0 Å². The summed E-state index contributed by atoms with van der Waals surface area (Å²) in [6.07, 6.45) is 1.32. The number of para-hydroxylation sites is 2. The van der Waals surface area contributed by atoms with Crippen LogP contribution < -0.4 is 14.8 Å². The lowest BCUT2D eigenvalue weighted by Gasteiger charge is -2.32. The van der Waals surface area contributed by atoms with Crippen LogP contribution in [0.4, 0.5) is 10.5 Å². The SMILES string of the molecule is COC(=O)c1sccc1S(=O)(=O)NCC1CCN(C(=O)Nc2ccccc2OC)CC1. The van der Waals surface area contributed by atoms with Gasteiger partial charge in [0.25, 0.3) is 0 Å². The molecule has 1 aromatic heterocycles. The summed E-state index contributed by atoms with van der Waals surface area (Å²) < 4.78 is 37.7. The van der Waals surface area contributed by atoms with Gasteiger partial charge in [0, 0.05) is 19.6 Å². The fraction of sp³-hybridized carbons (Fsp3) is 0.400. The molecule has 2 aromatic rings. The van der Waals surface area contributed by atoms with Gasteiger partial charge in [0.1, 0.15) is 15.5 Å². The summed E-state index contributed by atoms with van der Waals surface area (Å²) in [7, 11) is -1.07. The summed E-state index contributed by atoms with van der Waals surface area (Å²) in [5.41, 5.74) is 0.599. The summed E-state index contributed by atoms with van der Waals surface area (Å²) in [5, 5.41) is 4.39. The number of hydrogen-bond donors (Lipinski definition) is 2. The molecule has 0 unspecified atom stereocenters. The van der Waals surface area contributed by atoms with E-state index in [1.807, 2.05) is 12.1 Å². The smallest absolute Gasteiger partial charge is 0.349 e. The molecule has 1 aliphatic rings. The van der Waals surface area contributed by atoms with E-state index in [-0.39, 0.29) is 28.3 Å². The quantitative estimate of drug-likeness (QED) is 0.606. The van der Waals surface area contributed by atoms with Crippen molar-refractivity contribution in [2.24, 2.45) is 5.92 Å². The third kappa shape index (κ3) is 5.54. The Labute approximate surface area is 185 Å². The number of sulfonamides is 1. The molecule has 2 amide bonds. The maximum Gasteiger partial charge on any atom is 0.349 e. The molecule has 0 bridgehead atoms. The fourth-order valence-electron chi connectivity index (χ4n) is 3.34. The number of likely N-dealkylation sites (tertiary alicyclic amines) is 1. The molecule has 3 rings (SSSR count). The minimum absolute atomic E-state index is 0.0535. The van der Waals surface area contributed by atoms with Gasteiger partial charge in [0.2, 0.25) is 10.0 Å². The number of esters is 1. The molecule has 0 spiro atoms. The second-order valence-electron chi connectivity index (χ2n) is 7.02. The minimum atomic E-state index is -3.83. The zero-order valence-corrected chi connectivity index (χ0v) is 18.9. The number of amides is 2. The van der Waals surface area contributed by atoms with E-state index in [1.54, 1.807) is 29.5 Å². The van der Waals surface area contributed by atoms with E-state index in [4.69, 9.17) is 4.74 Å². The van der Waals surface area contributed by atoms with Gasteiger partial charge >= 0.3 is 12.0 Å². The van der Waals surface area contributed by atoms with E-state index in [2.05, 4.69) is 14.8 Å². The molecule has 2 N–H and O–H groups in total. The number of benzene rings is 1. The number of carbonyl (C=O) groups excluding carboxylic acids is 2. The molecule has 0 aliphatic carbocycles. The van der Waals surface area contributed by atoms with Gasteiger partial charge in [-0.2, -0.15) is 0 Å². The number of nitrogens with one attached hydrogen (secondary N) is 2. The number of piperidine rings is 1. The maximum atomic E-state index is 12.6. The Bertz CT molecular complexity index is 1030. The topological polar surface area (TPSA) is 114 Å². The fourth-order valence-corrected chi connectivity index (χ4v) is 5.79. The summed E-state index contributed by atoms with van der Waals surface area (Å²) >= 11 is 1.02. The average molecular weight is 468 g/mol. The van der Waals surface area contributed by atoms with Crippen molar-refractivity contribution in [1.29, 1.82) is 0 Å². The second kappa shape index (κ2) is 10.1. The Balaban J connectivity index is 1.52. The third-order valence-corrected chi connectivity index (χ3v) is 7.59. The second-order valence-corrected chi connectivity index (χ2v) is 9.67. The van der Waals surface area contributed by atoms with Crippen molar-refractivity contribution in [3.05, 3.63) is 40.6 Å². The van der Waals surface area contributed by atoms with Gasteiger partial charge < -0.3 is 19.7 Å². The third-order valence-electron chi connectivity index (χ3n) is 5.10. The molecule has 0 atom stereocenters. The van der Waals surface area contributed by atoms with Crippen molar-refractivity contribution in [3.8, 4) is 5.75 Å². The van der Waals surface area contributed by atoms with Gasteiger partial charge in [-0.1, -0.05) is 12.1 Å². The summed E-state index contributed by atoms with van der Waals surface area (Å²) in [6.45, 7) is 1.26. The Kier molecular flexibility index (Phi) is 7.52. The van der Waals surface area contributed by atoms with Gasteiger partial charge in [0.15, 0.2) is 0 Å². The average Bonchev–Trinajstić information content (AvgIpc) is 3.29. The lowest BCUT2D eigenvalue weighted by molar-refractivity contribution is 0.0602. The molecule has 2 heterocycles. The van der Waals surface area contributed by atoms with Crippen molar-refractivity contribution in [3.63, 3.8) is 0 Å². The number of carbonyl (C=O) groups is 2.